The van der Waals surface area contributed by atoms with Crippen LogP contribution < -0.4 is 11.1 Å². The molecule has 0 aromatic heterocycles. The Bertz CT molecular complexity index is 970. The van der Waals surface area contributed by atoms with E-state index >= 15 is 0 Å². The first kappa shape index (κ1) is 23.9. The van der Waals surface area contributed by atoms with E-state index in [-0.39, 0.29) is 22.4 Å². The smallest absolute Gasteiger partial charge is 0.243 e. The monoisotopic (exact) mass is 452 g/mol. The molecule has 0 saturated carbocycles. The second-order valence-corrected chi connectivity index (χ2v) is 10.6. The molecule has 1 saturated heterocycles. The Morgan fingerprint density at radius 3 is 2.31 bits per heavy atom. The van der Waals surface area contributed by atoms with Gasteiger partial charge in [0.1, 0.15) is 11.9 Å². The molecular formula is C25H32N4O2S. The van der Waals surface area contributed by atoms with Gasteiger partial charge in [-0.3, -0.25) is 15.0 Å². The van der Waals surface area contributed by atoms with Crippen LogP contribution in [0.2, 0.25) is 0 Å². The minimum Gasteiger partial charge on any atom is -0.384 e. The van der Waals surface area contributed by atoms with Crippen molar-refractivity contribution in [2.75, 3.05) is 6.54 Å². The number of nitrogen functional groups attached to an aromatic ring is 1. The number of aryl methyl sites for hydroxylation is 1. The molecule has 4 N–H and O–H groups in total. The van der Waals surface area contributed by atoms with Crippen LogP contribution in [0.15, 0.2) is 48.5 Å². The summed E-state index contributed by atoms with van der Waals surface area (Å²) in [4.78, 5) is 27.2. The Labute approximate surface area is 194 Å². The number of nitrogens with two attached hydrogens (primary N) is 1. The highest BCUT2D eigenvalue weighted by atomic mass is 32.2. The molecule has 1 aliphatic heterocycles. The van der Waals surface area contributed by atoms with Gasteiger partial charge in [-0.2, -0.15) is 11.8 Å². The molecule has 1 aliphatic rings. The van der Waals surface area contributed by atoms with Crippen LogP contribution in [0.1, 0.15) is 48.9 Å². The molecule has 0 spiro atoms. The minimum atomic E-state index is -0.392. The van der Waals surface area contributed by atoms with E-state index in [1.54, 1.807) is 28.8 Å². The molecule has 1 heterocycles. The molecule has 2 aromatic carbocycles. The summed E-state index contributed by atoms with van der Waals surface area (Å²) >= 11 is 1.77. The molecule has 1 atom stereocenters. The van der Waals surface area contributed by atoms with Crippen LogP contribution >= 0.6 is 11.8 Å². The number of nitrogens with zero attached hydrogens (tertiary/aromatic N) is 1. The number of hydrogen-bond donors (Lipinski definition) is 3. The summed E-state index contributed by atoms with van der Waals surface area (Å²) < 4.78 is -0.211. The third-order valence-corrected chi connectivity index (χ3v) is 7.10. The van der Waals surface area contributed by atoms with Crippen LogP contribution in [0, 0.1) is 12.3 Å². The summed E-state index contributed by atoms with van der Waals surface area (Å²) in [6.07, 6.45) is 1.09. The topological polar surface area (TPSA) is 99.3 Å². The van der Waals surface area contributed by atoms with Gasteiger partial charge in [0.05, 0.1) is 0 Å². The molecule has 170 valence electrons. The number of nitrogens with one attached hydrogen (secondary N) is 2. The number of amides is 2. The highest BCUT2D eigenvalue weighted by molar-refractivity contribution is 7.99. The lowest BCUT2D eigenvalue weighted by atomic mass is 9.99. The first-order valence-corrected chi connectivity index (χ1v) is 11.8. The Morgan fingerprint density at radius 2 is 1.75 bits per heavy atom. The number of thioether (sulfide) groups is 1. The number of amidine groups is 1. The average molecular weight is 453 g/mol. The fraction of sp³-hybridized carbons (Fsp3) is 0.400. The van der Waals surface area contributed by atoms with Crippen molar-refractivity contribution in [2.45, 2.75) is 56.7 Å². The van der Waals surface area contributed by atoms with Gasteiger partial charge < -0.3 is 16.0 Å². The van der Waals surface area contributed by atoms with Gasteiger partial charge in [-0.1, -0.05) is 67.9 Å². The van der Waals surface area contributed by atoms with Crippen molar-refractivity contribution in [2.24, 2.45) is 5.73 Å². The van der Waals surface area contributed by atoms with Crippen molar-refractivity contribution in [1.29, 1.82) is 5.41 Å². The third kappa shape index (κ3) is 6.36. The van der Waals surface area contributed by atoms with E-state index in [1.165, 1.54) is 11.1 Å². The molecule has 2 amide bonds. The zero-order valence-electron chi connectivity index (χ0n) is 19.0. The second kappa shape index (κ2) is 10.2. The Morgan fingerprint density at radius 1 is 1.12 bits per heavy atom. The summed E-state index contributed by atoms with van der Waals surface area (Å²) in [5.74, 6) is 0.783. The summed E-state index contributed by atoms with van der Waals surface area (Å²) in [7, 11) is 0. The molecule has 0 radical (unpaired) electrons. The third-order valence-electron chi connectivity index (χ3n) is 5.70. The molecule has 32 heavy (non-hydrogen) atoms. The van der Waals surface area contributed by atoms with E-state index in [2.05, 4.69) is 50.4 Å². The first-order chi connectivity index (χ1) is 15.1. The number of rotatable bonds is 9. The Balaban J connectivity index is 1.47. The highest BCUT2D eigenvalue weighted by Gasteiger charge is 2.39. The van der Waals surface area contributed by atoms with Crippen molar-refractivity contribution in [3.8, 4) is 0 Å². The molecule has 0 bridgehead atoms. The van der Waals surface area contributed by atoms with E-state index in [4.69, 9.17) is 11.1 Å². The molecule has 0 unspecified atom stereocenters. The van der Waals surface area contributed by atoms with E-state index in [0.717, 1.165) is 11.3 Å². The van der Waals surface area contributed by atoms with Crippen LogP contribution in [0.5, 0.6) is 0 Å². The standard InChI is InChI=1S/C25H32N4O2S/c1-17-4-6-19(7-5-17)16-32-25(2,3)14-22(30)29-13-12-21(29)24(31)28-15-18-8-10-20(11-9-18)23(26)27/h4-11,21H,12-16H2,1-3H3,(H3,26,27)(H,28,31)/t21-/m0/s1. The number of benzene rings is 2. The summed E-state index contributed by atoms with van der Waals surface area (Å²) in [5, 5.41) is 10.4. The first-order valence-electron chi connectivity index (χ1n) is 10.8. The number of carbonyl (C=O) groups excluding carboxylic acids is 2. The van der Waals surface area contributed by atoms with E-state index in [1.807, 2.05) is 12.1 Å². The fourth-order valence-electron chi connectivity index (χ4n) is 3.55. The van der Waals surface area contributed by atoms with Crippen molar-refractivity contribution in [3.63, 3.8) is 0 Å². The number of hydrogen-bond acceptors (Lipinski definition) is 4. The second-order valence-electron chi connectivity index (χ2n) is 8.93. The predicted octanol–water partition coefficient (Wildman–Crippen LogP) is 3.60. The SMILES string of the molecule is Cc1ccc(CSC(C)(C)CC(=O)N2CC[C@H]2C(=O)NCc2ccc(C(=N)N)cc2)cc1. The van der Waals surface area contributed by atoms with Gasteiger partial charge in [-0.05, 0) is 24.5 Å². The van der Waals surface area contributed by atoms with Gasteiger partial charge in [-0.25, -0.2) is 0 Å². The molecule has 6 nitrogen and oxygen atoms in total. The highest BCUT2D eigenvalue weighted by Crippen LogP contribution is 2.33. The fourth-order valence-corrected chi connectivity index (χ4v) is 4.52. The minimum absolute atomic E-state index is 0.0177. The lowest BCUT2D eigenvalue weighted by Gasteiger charge is -2.41. The molecule has 0 aliphatic carbocycles. The molecule has 1 fully saturated rings. The normalized spacial score (nSPS) is 15.7. The van der Waals surface area contributed by atoms with Crippen molar-refractivity contribution in [3.05, 3.63) is 70.8 Å². The van der Waals surface area contributed by atoms with E-state index in [9.17, 15) is 9.59 Å². The van der Waals surface area contributed by atoms with Gasteiger partial charge >= 0.3 is 0 Å². The van der Waals surface area contributed by atoms with Crippen LogP contribution in [0.25, 0.3) is 0 Å². The predicted molar refractivity (Wildman–Crippen MR) is 131 cm³/mol. The maximum Gasteiger partial charge on any atom is 0.243 e. The van der Waals surface area contributed by atoms with Crippen LogP contribution in [-0.2, 0) is 21.9 Å². The van der Waals surface area contributed by atoms with E-state index < -0.39 is 6.04 Å². The zero-order valence-corrected chi connectivity index (χ0v) is 19.8. The molecule has 2 aromatic rings. The maximum absolute atomic E-state index is 12.9. The zero-order chi connectivity index (χ0) is 23.3. The Hall–Kier alpha value is -2.80. The van der Waals surface area contributed by atoms with Gasteiger partial charge in [-0.15, -0.1) is 0 Å². The molecular weight excluding hydrogens is 420 g/mol. The van der Waals surface area contributed by atoms with Gasteiger partial charge in [0.15, 0.2) is 0 Å². The quantitative estimate of drug-likeness (QED) is 0.400. The van der Waals surface area contributed by atoms with Crippen molar-refractivity contribution >= 4 is 29.4 Å². The summed E-state index contributed by atoms with van der Waals surface area (Å²) in [6.45, 7) is 7.26. The summed E-state index contributed by atoms with van der Waals surface area (Å²) in [5.41, 5.74) is 9.53. The van der Waals surface area contributed by atoms with Crippen LogP contribution in [0.3, 0.4) is 0 Å². The maximum atomic E-state index is 12.9. The molecule has 7 heteroatoms. The largest absolute Gasteiger partial charge is 0.384 e. The van der Waals surface area contributed by atoms with Gasteiger partial charge in [0.2, 0.25) is 11.8 Å². The summed E-state index contributed by atoms with van der Waals surface area (Å²) in [6, 6.07) is 15.3. The van der Waals surface area contributed by atoms with Crippen molar-refractivity contribution < 1.29 is 9.59 Å². The lowest BCUT2D eigenvalue weighted by Crippen LogP contribution is -2.58. The number of carbonyl (C=O) groups is 2. The van der Waals surface area contributed by atoms with Gasteiger partial charge in [0.25, 0.3) is 0 Å². The van der Waals surface area contributed by atoms with Gasteiger partial charge in [0, 0.05) is 35.6 Å². The van der Waals surface area contributed by atoms with Crippen LogP contribution in [-0.4, -0.2) is 39.9 Å². The van der Waals surface area contributed by atoms with Crippen molar-refractivity contribution in [1.82, 2.24) is 10.2 Å². The lowest BCUT2D eigenvalue weighted by molar-refractivity contribution is -0.147. The van der Waals surface area contributed by atoms with E-state index in [0.29, 0.717) is 31.5 Å². The molecule has 3 rings (SSSR count). The Kier molecular flexibility index (Phi) is 7.61. The average Bonchev–Trinajstić information content (AvgIpc) is 2.71. The number of likely N-dealkylation sites (tertiary alicyclic amines) is 1. The van der Waals surface area contributed by atoms with Crippen LogP contribution in [0.4, 0.5) is 0 Å².